The standard InChI is InChI=1S/C28H41N3O6/c1-34-14-13-31-26(32)23(20-35-19-21-5-3-2-4-6-21)29-27(33)28(31)9-11-30(12-10-28)18-22-7-8-24-25(17-22)37-16-15-36-24/h7-8,17,21,23H,2-6,9-16,18-20H2,1H3,(H,29,33)/t23-/m0/s1. The fraction of sp³-hybridized carbons (Fsp3) is 0.714. The number of likely N-dealkylation sites (tertiary alicyclic amines) is 1. The molecule has 9 heteroatoms. The van der Waals surface area contributed by atoms with Crippen LogP contribution >= 0.6 is 0 Å². The molecule has 0 radical (unpaired) electrons. The van der Waals surface area contributed by atoms with Crippen LogP contribution in [-0.4, -0.2) is 93.0 Å². The Labute approximate surface area is 219 Å². The van der Waals surface area contributed by atoms with Crippen molar-refractivity contribution >= 4 is 11.8 Å². The van der Waals surface area contributed by atoms with Crippen LogP contribution in [0, 0.1) is 5.92 Å². The lowest BCUT2D eigenvalue weighted by Gasteiger charge is -2.51. The molecule has 0 unspecified atom stereocenters. The van der Waals surface area contributed by atoms with Crippen molar-refractivity contribution in [3.05, 3.63) is 23.8 Å². The fourth-order valence-corrected chi connectivity index (χ4v) is 6.22. The summed E-state index contributed by atoms with van der Waals surface area (Å²) in [7, 11) is 1.63. The van der Waals surface area contributed by atoms with Crippen LogP contribution in [0.25, 0.3) is 0 Å². The molecule has 3 heterocycles. The molecule has 204 valence electrons. The molecule has 1 aromatic carbocycles. The van der Waals surface area contributed by atoms with Crippen LogP contribution in [0.3, 0.4) is 0 Å². The Morgan fingerprint density at radius 1 is 1.03 bits per heavy atom. The summed E-state index contributed by atoms with van der Waals surface area (Å²) < 4.78 is 22.6. The van der Waals surface area contributed by atoms with Crippen LogP contribution in [0.15, 0.2) is 18.2 Å². The van der Waals surface area contributed by atoms with Gasteiger partial charge in [0.25, 0.3) is 0 Å². The Morgan fingerprint density at radius 3 is 2.54 bits per heavy atom. The first kappa shape index (κ1) is 26.3. The zero-order valence-electron chi connectivity index (χ0n) is 22.0. The number of fused-ring (bicyclic) bond motifs is 1. The lowest BCUT2D eigenvalue weighted by Crippen LogP contribution is -2.73. The number of amides is 2. The van der Waals surface area contributed by atoms with Crippen LogP contribution in [0.5, 0.6) is 11.5 Å². The zero-order chi connectivity index (χ0) is 25.7. The molecule has 9 nitrogen and oxygen atoms in total. The Morgan fingerprint density at radius 2 is 1.78 bits per heavy atom. The molecular weight excluding hydrogens is 474 g/mol. The highest BCUT2D eigenvalue weighted by atomic mass is 16.6. The molecule has 1 atom stereocenters. The van der Waals surface area contributed by atoms with Gasteiger partial charge in [0.05, 0.1) is 13.2 Å². The van der Waals surface area contributed by atoms with E-state index in [9.17, 15) is 9.59 Å². The quantitative estimate of drug-likeness (QED) is 0.540. The first-order chi connectivity index (χ1) is 18.1. The van der Waals surface area contributed by atoms with Crippen molar-refractivity contribution < 1.29 is 28.5 Å². The first-order valence-corrected chi connectivity index (χ1v) is 13.9. The minimum atomic E-state index is -0.835. The molecule has 3 aliphatic heterocycles. The number of piperidine rings is 1. The van der Waals surface area contributed by atoms with E-state index in [1.54, 1.807) is 12.0 Å². The average molecular weight is 516 g/mol. The van der Waals surface area contributed by atoms with Gasteiger partial charge >= 0.3 is 0 Å². The summed E-state index contributed by atoms with van der Waals surface area (Å²) in [6, 6.07) is 5.44. The van der Waals surface area contributed by atoms with E-state index < -0.39 is 11.6 Å². The molecule has 37 heavy (non-hydrogen) atoms. The highest BCUT2D eigenvalue weighted by Gasteiger charge is 2.53. The van der Waals surface area contributed by atoms with Gasteiger partial charge in [-0.15, -0.1) is 0 Å². The van der Waals surface area contributed by atoms with Crippen molar-refractivity contribution in [2.45, 2.75) is 63.1 Å². The molecule has 0 bridgehead atoms. The van der Waals surface area contributed by atoms with E-state index >= 15 is 0 Å². The third-order valence-corrected chi connectivity index (χ3v) is 8.39. The molecule has 1 aliphatic carbocycles. The van der Waals surface area contributed by atoms with Gasteiger partial charge in [-0.2, -0.15) is 0 Å². The van der Waals surface area contributed by atoms with Gasteiger partial charge in [0.1, 0.15) is 24.8 Å². The first-order valence-electron chi connectivity index (χ1n) is 13.9. The number of ether oxygens (including phenoxy) is 4. The van der Waals surface area contributed by atoms with E-state index in [0.29, 0.717) is 51.7 Å². The van der Waals surface area contributed by atoms with Gasteiger partial charge in [-0.3, -0.25) is 14.5 Å². The second-order valence-corrected chi connectivity index (χ2v) is 10.8. The van der Waals surface area contributed by atoms with Crippen LogP contribution < -0.4 is 14.8 Å². The third kappa shape index (κ3) is 5.89. The van der Waals surface area contributed by atoms with Crippen LogP contribution in [0.1, 0.15) is 50.5 Å². The Kier molecular flexibility index (Phi) is 8.52. The molecule has 4 aliphatic rings. The molecule has 2 amide bonds. The predicted molar refractivity (Wildman–Crippen MR) is 138 cm³/mol. The van der Waals surface area contributed by atoms with E-state index in [4.69, 9.17) is 18.9 Å². The summed E-state index contributed by atoms with van der Waals surface area (Å²) in [5.41, 5.74) is 0.314. The van der Waals surface area contributed by atoms with E-state index in [0.717, 1.165) is 36.7 Å². The summed E-state index contributed by atoms with van der Waals surface area (Å²) in [5.74, 6) is 2.03. The second kappa shape index (κ2) is 12.0. The number of piperazine rings is 1. The van der Waals surface area contributed by atoms with Crippen molar-refractivity contribution in [3.63, 3.8) is 0 Å². The minimum absolute atomic E-state index is 0.0550. The van der Waals surface area contributed by atoms with Gasteiger partial charge in [0.2, 0.25) is 11.8 Å². The number of nitrogens with one attached hydrogen (secondary N) is 1. The Balaban J connectivity index is 1.20. The SMILES string of the molecule is COCCN1C(=O)[C@H](COCC2CCCCC2)NC(=O)C12CCN(Cc1ccc3c(c1)OCCO3)CC2. The number of nitrogens with zero attached hydrogens (tertiary/aromatic N) is 2. The van der Waals surface area contributed by atoms with Crippen molar-refractivity contribution in [3.8, 4) is 11.5 Å². The maximum atomic E-state index is 13.6. The molecule has 2 saturated heterocycles. The largest absolute Gasteiger partial charge is 0.486 e. The number of hydrogen-bond acceptors (Lipinski definition) is 7. The molecule has 5 rings (SSSR count). The number of methoxy groups -OCH3 is 1. The maximum Gasteiger partial charge on any atom is 0.248 e. The number of benzene rings is 1. The number of carbonyl (C=O) groups is 2. The van der Waals surface area contributed by atoms with Gasteiger partial charge in [0, 0.05) is 39.9 Å². The van der Waals surface area contributed by atoms with Crippen LogP contribution in [-0.2, 0) is 25.6 Å². The highest BCUT2D eigenvalue weighted by molar-refractivity contribution is 6.00. The smallest absolute Gasteiger partial charge is 0.248 e. The summed E-state index contributed by atoms with van der Waals surface area (Å²) in [5, 5.41) is 3.02. The van der Waals surface area contributed by atoms with Crippen molar-refractivity contribution in [2.75, 3.05) is 59.8 Å². The number of hydrogen-bond donors (Lipinski definition) is 1. The van der Waals surface area contributed by atoms with Gasteiger partial charge in [0.15, 0.2) is 11.5 Å². The van der Waals surface area contributed by atoms with E-state index in [1.807, 2.05) is 12.1 Å². The molecule has 1 N–H and O–H groups in total. The third-order valence-electron chi connectivity index (χ3n) is 8.39. The van der Waals surface area contributed by atoms with Gasteiger partial charge in [-0.1, -0.05) is 25.3 Å². The van der Waals surface area contributed by atoms with Crippen molar-refractivity contribution in [1.82, 2.24) is 15.1 Å². The van der Waals surface area contributed by atoms with E-state index in [2.05, 4.69) is 16.3 Å². The number of carbonyl (C=O) groups excluding carboxylic acids is 2. The summed E-state index contributed by atoms with van der Waals surface area (Å²) in [6.07, 6.45) is 7.38. The lowest BCUT2D eigenvalue weighted by atomic mass is 9.81. The summed E-state index contributed by atoms with van der Waals surface area (Å²) >= 11 is 0. The maximum absolute atomic E-state index is 13.6. The fourth-order valence-electron chi connectivity index (χ4n) is 6.22. The average Bonchev–Trinajstić information content (AvgIpc) is 2.93. The topological polar surface area (TPSA) is 89.6 Å². The van der Waals surface area contributed by atoms with Gasteiger partial charge in [-0.25, -0.2) is 0 Å². The highest BCUT2D eigenvalue weighted by Crippen LogP contribution is 2.35. The molecule has 1 saturated carbocycles. The minimum Gasteiger partial charge on any atom is -0.486 e. The summed E-state index contributed by atoms with van der Waals surface area (Å²) in [6.45, 7) is 5.06. The lowest BCUT2D eigenvalue weighted by molar-refractivity contribution is -0.164. The van der Waals surface area contributed by atoms with E-state index in [1.165, 1.54) is 32.1 Å². The van der Waals surface area contributed by atoms with Crippen LogP contribution in [0.2, 0.25) is 0 Å². The normalized spacial score (nSPS) is 24.4. The van der Waals surface area contributed by atoms with Crippen molar-refractivity contribution in [1.29, 1.82) is 0 Å². The monoisotopic (exact) mass is 515 g/mol. The molecule has 1 spiro atoms. The van der Waals surface area contributed by atoms with Gasteiger partial charge < -0.3 is 29.2 Å². The zero-order valence-corrected chi connectivity index (χ0v) is 22.0. The summed E-state index contributed by atoms with van der Waals surface area (Å²) in [4.78, 5) is 31.2. The molecule has 3 fully saturated rings. The molecule has 0 aromatic heterocycles. The number of rotatable bonds is 9. The second-order valence-electron chi connectivity index (χ2n) is 10.8. The molecule has 1 aromatic rings. The Hall–Kier alpha value is -2.36. The Bertz CT molecular complexity index is 942. The molecular formula is C28H41N3O6. The predicted octanol–water partition coefficient (Wildman–Crippen LogP) is 2.36. The van der Waals surface area contributed by atoms with Gasteiger partial charge in [-0.05, 0) is 49.3 Å². The van der Waals surface area contributed by atoms with Crippen LogP contribution in [0.4, 0.5) is 0 Å². The van der Waals surface area contributed by atoms with Crippen molar-refractivity contribution in [2.24, 2.45) is 5.92 Å². The van der Waals surface area contributed by atoms with E-state index in [-0.39, 0.29) is 18.4 Å².